The van der Waals surface area contributed by atoms with Gasteiger partial charge in [-0.1, -0.05) is 13.8 Å². The number of carbonyl (C=O) groups is 1. The summed E-state index contributed by atoms with van der Waals surface area (Å²) in [4.78, 5) is 11.7. The van der Waals surface area contributed by atoms with Gasteiger partial charge >= 0.3 is 0 Å². The lowest BCUT2D eigenvalue weighted by Crippen LogP contribution is -2.26. The van der Waals surface area contributed by atoms with Crippen molar-refractivity contribution in [3.05, 3.63) is 23.8 Å². The molecule has 0 bridgehead atoms. The molecule has 0 aliphatic rings. The minimum Gasteiger partial charge on any atom is -0.494 e. The first kappa shape index (κ1) is 17.7. The Hall–Kier alpha value is -1.26. The molecule has 0 aliphatic carbocycles. The van der Waals surface area contributed by atoms with Gasteiger partial charge in [-0.3, -0.25) is 4.79 Å². The van der Waals surface area contributed by atoms with E-state index in [2.05, 4.69) is 12.2 Å². The summed E-state index contributed by atoms with van der Waals surface area (Å²) in [6.07, 6.45) is 0.978. The molecule has 1 unspecified atom stereocenters. The lowest BCUT2D eigenvalue weighted by Gasteiger charge is -2.13. The van der Waals surface area contributed by atoms with Gasteiger partial charge in [0.15, 0.2) is 0 Å². The van der Waals surface area contributed by atoms with Crippen LogP contribution in [0, 0.1) is 12.8 Å². The zero-order valence-corrected chi connectivity index (χ0v) is 12.5. The van der Waals surface area contributed by atoms with Crippen LogP contribution in [-0.4, -0.2) is 19.1 Å². The number of amides is 1. The summed E-state index contributed by atoms with van der Waals surface area (Å²) in [5.74, 6) is 0.600. The second-order valence-corrected chi connectivity index (χ2v) is 4.45. The van der Waals surface area contributed by atoms with Gasteiger partial charge in [-0.05, 0) is 37.1 Å². The van der Waals surface area contributed by atoms with Gasteiger partial charge < -0.3 is 15.8 Å². The van der Waals surface area contributed by atoms with E-state index in [1.54, 1.807) is 0 Å². The third kappa shape index (κ3) is 5.49. The highest BCUT2D eigenvalue weighted by molar-refractivity contribution is 5.93. The van der Waals surface area contributed by atoms with Crippen LogP contribution in [0.4, 0.5) is 5.69 Å². The molecule has 19 heavy (non-hydrogen) atoms. The van der Waals surface area contributed by atoms with Crippen LogP contribution in [0.2, 0.25) is 0 Å². The average Bonchev–Trinajstić information content (AvgIpc) is 2.38. The Labute approximate surface area is 121 Å². The molecule has 1 amide bonds. The number of nitrogens with two attached hydrogens (primary N) is 1. The van der Waals surface area contributed by atoms with Crippen LogP contribution < -0.4 is 15.8 Å². The number of carbonyl (C=O) groups excluding carboxylic acids is 1. The molecule has 1 atom stereocenters. The summed E-state index contributed by atoms with van der Waals surface area (Å²) in [6, 6.07) is 5.66. The molecular formula is C14H23ClN2O2. The van der Waals surface area contributed by atoms with Crippen LogP contribution in [0.25, 0.3) is 0 Å². The van der Waals surface area contributed by atoms with Gasteiger partial charge in [-0.25, -0.2) is 0 Å². The minimum atomic E-state index is -0.180. The summed E-state index contributed by atoms with van der Waals surface area (Å²) in [5.41, 5.74) is 7.26. The molecule has 0 aromatic heterocycles. The fourth-order valence-electron chi connectivity index (χ4n) is 1.45. The third-order valence-electron chi connectivity index (χ3n) is 2.73. The van der Waals surface area contributed by atoms with Gasteiger partial charge in [0.05, 0.1) is 6.61 Å². The monoisotopic (exact) mass is 286 g/mol. The number of nitrogens with one attached hydrogen (secondary N) is 1. The molecule has 1 aromatic carbocycles. The molecule has 0 aliphatic heterocycles. The van der Waals surface area contributed by atoms with E-state index in [1.165, 1.54) is 0 Å². The Morgan fingerprint density at radius 1 is 1.47 bits per heavy atom. The van der Waals surface area contributed by atoms with Crippen molar-refractivity contribution in [1.29, 1.82) is 0 Å². The van der Waals surface area contributed by atoms with Crippen LogP contribution in [0.15, 0.2) is 18.2 Å². The number of aryl methyl sites for hydroxylation is 1. The standard InChI is InChI=1S/C14H22N2O2.ClH/c1-4-7-18-12-5-6-13(10(2)8-12)16-14(17)11(3)9-15;/h5-6,8,11H,4,7,9,15H2,1-3H3,(H,16,17);1H. The van der Waals surface area contributed by atoms with Crippen molar-refractivity contribution >= 4 is 24.0 Å². The average molecular weight is 287 g/mol. The number of rotatable bonds is 6. The molecule has 3 N–H and O–H groups in total. The molecule has 5 heteroatoms. The van der Waals surface area contributed by atoms with Crippen LogP contribution in [0.3, 0.4) is 0 Å². The smallest absolute Gasteiger partial charge is 0.228 e. The summed E-state index contributed by atoms with van der Waals surface area (Å²) in [5, 5.41) is 2.87. The Kier molecular flexibility index (Phi) is 8.19. The molecule has 0 spiro atoms. The largest absolute Gasteiger partial charge is 0.494 e. The normalized spacial score (nSPS) is 11.4. The van der Waals surface area contributed by atoms with E-state index in [0.29, 0.717) is 13.2 Å². The molecular weight excluding hydrogens is 264 g/mol. The second kappa shape index (κ2) is 8.77. The van der Waals surface area contributed by atoms with Crippen molar-refractivity contribution in [3.8, 4) is 5.75 Å². The lowest BCUT2D eigenvalue weighted by atomic mass is 10.1. The predicted octanol–water partition coefficient (Wildman–Crippen LogP) is 2.74. The van der Waals surface area contributed by atoms with E-state index in [1.807, 2.05) is 32.0 Å². The molecule has 0 saturated heterocycles. The minimum absolute atomic E-state index is 0. The third-order valence-corrected chi connectivity index (χ3v) is 2.73. The molecule has 1 rings (SSSR count). The van der Waals surface area contributed by atoms with Gasteiger partial charge in [0.25, 0.3) is 0 Å². The van der Waals surface area contributed by atoms with Crippen molar-refractivity contribution in [2.24, 2.45) is 11.7 Å². The zero-order chi connectivity index (χ0) is 13.5. The molecule has 0 fully saturated rings. The van der Waals surface area contributed by atoms with E-state index in [-0.39, 0.29) is 24.2 Å². The first-order valence-corrected chi connectivity index (χ1v) is 6.32. The highest BCUT2D eigenvalue weighted by Crippen LogP contribution is 2.22. The molecule has 0 saturated carbocycles. The van der Waals surface area contributed by atoms with Crippen molar-refractivity contribution in [3.63, 3.8) is 0 Å². The van der Waals surface area contributed by atoms with E-state index in [9.17, 15) is 4.79 Å². The lowest BCUT2D eigenvalue weighted by molar-refractivity contribution is -0.119. The summed E-state index contributed by atoms with van der Waals surface area (Å²) in [6.45, 7) is 6.87. The molecule has 108 valence electrons. The van der Waals surface area contributed by atoms with Crippen LogP contribution in [0.1, 0.15) is 25.8 Å². The quantitative estimate of drug-likeness (QED) is 0.845. The number of anilines is 1. The highest BCUT2D eigenvalue weighted by Gasteiger charge is 2.12. The topological polar surface area (TPSA) is 64.3 Å². The van der Waals surface area contributed by atoms with Crippen molar-refractivity contribution in [1.82, 2.24) is 0 Å². The molecule has 4 nitrogen and oxygen atoms in total. The number of benzene rings is 1. The van der Waals surface area contributed by atoms with Gasteiger partial charge in [0.1, 0.15) is 5.75 Å². The van der Waals surface area contributed by atoms with Crippen LogP contribution >= 0.6 is 12.4 Å². The number of ether oxygens (including phenoxy) is 1. The first-order chi connectivity index (χ1) is 8.58. The van der Waals surface area contributed by atoms with Gasteiger partial charge in [-0.2, -0.15) is 0 Å². The Morgan fingerprint density at radius 2 is 2.16 bits per heavy atom. The summed E-state index contributed by atoms with van der Waals surface area (Å²) in [7, 11) is 0. The van der Waals surface area contributed by atoms with E-state index in [4.69, 9.17) is 10.5 Å². The van der Waals surface area contributed by atoms with Crippen LogP contribution in [-0.2, 0) is 4.79 Å². The summed E-state index contributed by atoms with van der Waals surface area (Å²) < 4.78 is 5.53. The fourth-order valence-corrected chi connectivity index (χ4v) is 1.45. The molecule has 1 aromatic rings. The fraction of sp³-hybridized carbons (Fsp3) is 0.500. The maximum atomic E-state index is 11.7. The first-order valence-electron chi connectivity index (χ1n) is 6.32. The number of halogens is 1. The van der Waals surface area contributed by atoms with Crippen molar-refractivity contribution in [2.45, 2.75) is 27.2 Å². The van der Waals surface area contributed by atoms with E-state index >= 15 is 0 Å². The van der Waals surface area contributed by atoms with Crippen molar-refractivity contribution in [2.75, 3.05) is 18.5 Å². The Balaban J connectivity index is 0.00000324. The van der Waals surface area contributed by atoms with Gasteiger partial charge in [-0.15, -0.1) is 12.4 Å². The van der Waals surface area contributed by atoms with E-state index < -0.39 is 0 Å². The highest BCUT2D eigenvalue weighted by atomic mass is 35.5. The Bertz CT molecular complexity index is 410. The summed E-state index contributed by atoms with van der Waals surface area (Å²) >= 11 is 0. The second-order valence-electron chi connectivity index (χ2n) is 4.45. The van der Waals surface area contributed by atoms with Gasteiger partial charge in [0, 0.05) is 18.2 Å². The maximum absolute atomic E-state index is 11.7. The molecule has 0 heterocycles. The van der Waals surface area contributed by atoms with E-state index in [0.717, 1.165) is 23.4 Å². The maximum Gasteiger partial charge on any atom is 0.228 e. The SMILES string of the molecule is CCCOc1ccc(NC(=O)C(C)CN)c(C)c1.Cl. The predicted molar refractivity (Wildman–Crippen MR) is 81.1 cm³/mol. The van der Waals surface area contributed by atoms with Gasteiger partial charge in [0.2, 0.25) is 5.91 Å². The Morgan fingerprint density at radius 3 is 2.68 bits per heavy atom. The van der Waals surface area contributed by atoms with Crippen molar-refractivity contribution < 1.29 is 9.53 Å². The number of hydrogen-bond donors (Lipinski definition) is 2. The zero-order valence-electron chi connectivity index (χ0n) is 11.7. The molecule has 0 radical (unpaired) electrons. The van der Waals surface area contributed by atoms with Crippen LogP contribution in [0.5, 0.6) is 5.75 Å². The number of hydrogen-bond acceptors (Lipinski definition) is 3.